The molecule has 0 heterocycles. The van der Waals surface area contributed by atoms with Gasteiger partial charge in [0.2, 0.25) is 11.8 Å². The topological polar surface area (TPSA) is 79.5 Å². The molecule has 25 heavy (non-hydrogen) atoms. The quantitative estimate of drug-likeness (QED) is 0.393. The van der Waals surface area contributed by atoms with E-state index in [-0.39, 0.29) is 23.8 Å². The van der Waals surface area contributed by atoms with Crippen LogP contribution in [0.25, 0.3) is 0 Å². The summed E-state index contributed by atoms with van der Waals surface area (Å²) in [5.74, 6) is 0.121. The summed E-state index contributed by atoms with van der Waals surface area (Å²) in [6.07, 6.45) is 5.52. The average molecular weight is 358 g/mol. The third-order valence-corrected chi connectivity index (χ3v) is 3.91. The Balaban J connectivity index is 3.98. The molecule has 0 aliphatic heterocycles. The number of hydrogen-bond donors (Lipinski definition) is 3. The fourth-order valence-electron chi connectivity index (χ4n) is 2.54. The molecule has 0 saturated heterocycles. The van der Waals surface area contributed by atoms with Crippen molar-refractivity contribution in [3.05, 3.63) is 0 Å². The standard InChI is InChI=1S/C19H39N3O3/c1-15(2)19(24)21-12-10-17(22-16(3)4)14-18(23)20-11-8-6-7-9-13-25-5/h15-17,22H,6-14H2,1-5H3,(H,20,23)(H,21,24). The molecule has 6 heteroatoms. The molecule has 0 spiro atoms. The van der Waals surface area contributed by atoms with Crippen molar-refractivity contribution < 1.29 is 14.3 Å². The maximum Gasteiger partial charge on any atom is 0.222 e. The number of unbranched alkanes of at least 4 members (excludes halogenated alkanes) is 3. The zero-order valence-electron chi connectivity index (χ0n) is 16.8. The average Bonchev–Trinajstić information content (AvgIpc) is 2.53. The van der Waals surface area contributed by atoms with Gasteiger partial charge in [0.15, 0.2) is 0 Å². The van der Waals surface area contributed by atoms with Crippen molar-refractivity contribution in [1.82, 2.24) is 16.0 Å². The van der Waals surface area contributed by atoms with Gasteiger partial charge in [-0.25, -0.2) is 0 Å². The molecule has 0 radical (unpaired) electrons. The lowest BCUT2D eigenvalue weighted by atomic mass is 10.1. The monoisotopic (exact) mass is 357 g/mol. The molecule has 0 aliphatic carbocycles. The predicted molar refractivity (Wildman–Crippen MR) is 102 cm³/mol. The third-order valence-electron chi connectivity index (χ3n) is 3.91. The summed E-state index contributed by atoms with van der Waals surface area (Å²) in [6, 6.07) is 0.383. The maximum atomic E-state index is 12.1. The highest BCUT2D eigenvalue weighted by molar-refractivity contribution is 5.78. The van der Waals surface area contributed by atoms with Crippen LogP contribution in [0.15, 0.2) is 0 Å². The van der Waals surface area contributed by atoms with Gasteiger partial charge in [-0.15, -0.1) is 0 Å². The molecule has 0 aromatic heterocycles. The van der Waals surface area contributed by atoms with E-state index in [1.165, 1.54) is 0 Å². The molecule has 3 N–H and O–H groups in total. The summed E-state index contributed by atoms with van der Waals surface area (Å²) < 4.78 is 5.02. The summed E-state index contributed by atoms with van der Waals surface area (Å²) in [6.45, 7) is 10.0. The third kappa shape index (κ3) is 14.9. The molecule has 1 atom stereocenters. The van der Waals surface area contributed by atoms with Crippen LogP contribution in [0.5, 0.6) is 0 Å². The molecule has 0 aromatic rings. The van der Waals surface area contributed by atoms with Crippen molar-refractivity contribution >= 4 is 11.8 Å². The van der Waals surface area contributed by atoms with Gasteiger partial charge < -0.3 is 20.7 Å². The summed E-state index contributed by atoms with van der Waals surface area (Å²) in [5.41, 5.74) is 0. The molecular weight excluding hydrogens is 318 g/mol. The van der Waals surface area contributed by atoms with Gasteiger partial charge in [0, 0.05) is 51.2 Å². The molecule has 1 unspecified atom stereocenters. The van der Waals surface area contributed by atoms with Gasteiger partial charge in [0.1, 0.15) is 0 Å². The van der Waals surface area contributed by atoms with E-state index in [0.717, 1.165) is 45.3 Å². The Bertz CT molecular complexity index is 360. The van der Waals surface area contributed by atoms with Crippen molar-refractivity contribution in [2.45, 2.75) is 78.3 Å². The highest BCUT2D eigenvalue weighted by Crippen LogP contribution is 2.02. The van der Waals surface area contributed by atoms with Crippen molar-refractivity contribution in [1.29, 1.82) is 0 Å². The first-order chi connectivity index (χ1) is 11.9. The van der Waals surface area contributed by atoms with Crippen molar-refractivity contribution in [3.63, 3.8) is 0 Å². The number of carbonyl (C=O) groups excluding carboxylic acids is 2. The van der Waals surface area contributed by atoms with E-state index in [0.29, 0.717) is 19.0 Å². The lowest BCUT2D eigenvalue weighted by Crippen LogP contribution is -2.42. The lowest BCUT2D eigenvalue weighted by Gasteiger charge is -2.21. The van der Waals surface area contributed by atoms with E-state index < -0.39 is 0 Å². The fourth-order valence-corrected chi connectivity index (χ4v) is 2.54. The molecule has 0 saturated carbocycles. The van der Waals surface area contributed by atoms with E-state index in [2.05, 4.69) is 29.8 Å². The highest BCUT2D eigenvalue weighted by Gasteiger charge is 2.15. The molecule has 148 valence electrons. The number of hydrogen-bond acceptors (Lipinski definition) is 4. The second-order valence-electron chi connectivity index (χ2n) is 7.21. The van der Waals surface area contributed by atoms with Gasteiger partial charge in [-0.2, -0.15) is 0 Å². The molecule has 6 nitrogen and oxygen atoms in total. The zero-order chi connectivity index (χ0) is 19.1. The Hall–Kier alpha value is -1.14. The first-order valence-electron chi connectivity index (χ1n) is 9.66. The largest absolute Gasteiger partial charge is 0.385 e. The summed E-state index contributed by atoms with van der Waals surface area (Å²) in [7, 11) is 1.72. The molecule has 0 aliphatic rings. The van der Waals surface area contributed by atoms with Crippen molar-refractivity contribution in [3.8, 4) is 0 Å². The number of ether oxygens (including phenoxy) is 1. The maximum absolute atomic E-state index is 12.1. The van der Waals surface area contributed by atoms with Gasteiger partial charge in [-0.05, 0) is 19.3 Å². The van der Waals surface area contributed by atoms with Crippen LogP contribution in [0.4, 0.5) is 0 Å². The lowest BCUT2D eigenvalue weighted by molar-refractivity contribution is -0.124. The molecule has 0 rings (SSSR count). The van der Waals surface area contributed by atoms with Gasteiger partial charge in [-0.3, -0.25) is 9.59 Å². The molecular formula is C19H39N3O3. The molecule has 0 fully saturated rings. The Labute approximate surface area is 153 Å². The van der Waals surface area contributed by atoms with Crippen molar-refractivity contribution in [2.24, 2.45) is 5.92 Å². The highest BCUT2D eigenvalue weighted by atomic mass is 16.5. The predicted octanol–water partition coefficient (Wildman–Crippen LogP) is 2.23. The smallest absolute Gasteiger partial charge is 0.222 e. The van der Waals surface area contributed by atoms with Crippen LogP contribution in [-0.4, -0.2) is 50.7 Å². The second-order valence-corrected chi connectivity index (χ2v) is 7.21. The fraction of sp³-hybridized carbons (Fsp3) is 0.895. The van der Waals surface area contributed by atoms with E-state index in [4.69, 9.17) is 4.74 Å². The first-order valence-corrected chi connectivity index (χ1v) is 9.66. The van der Waals surface area contributed by atoms with Crippen LogP contribution in [0.3, 0.4) is 0 Å². The Morgan fingerprint density at radius 1 is 0.920 bits per heavy atom. The Morgan fingerprint density at radius 2 is 1.60 bits per heavy atom. The zero-order valence-corrected chi connectivity index (χ0v) is 16.8. The minimum atomic E-state index is -0.0105. The minimum Gasteiger partial charge on any atom is -0.385 e. The van der Waals surface area contributed by atoms with Crippen LogP contribution in [0, 0.1) is 5.92 Å². The normalized spacial score (nSPS) is 12.4. The van der Waals surface area contributed by atoms with Crippen LogP contribution < -0.4 is 16.0 Å². The van der Waals surface area contributed by atoms with Crippen LogP contribution >= 0.6 is 0 Å². The Kier molecular flexibility index (Phi) is 14.5. The van der Waals surface area contributed by atoms with E-state index in [9.17, 15) is 9.59 Å². The summed E-state index contributed by atoms with van der Waals surface area (Å²) >= 11 is 0. The van der Waals surface area contributed by atoms with Crippen LogP contribution in [0.1, 0.15) is 66.2 Å². The number of carbonyl (C=O) groups is 2. The number of methoxy groups -OCH3 is 1. The number of nitrogens with one attached hydrogen (secondary N) is 3. The van der Waals surface area contributed by atoms with Crippen LogP contribution in [-0.2, 0) is 14.3 Å². The van der Waals surface area contributed by atoms with E-state index >= 15 is 0 Å². The SMILES string of the molecule is COCCCCCCNC(=O)CC(CCNC(=O)C(C)C)NC(C)C. The number of amides is 2. The van der Waals surface area contributed by atoms with Gasteiger partial charge >= 0.3 is 0 Å². The second kappa shape index (κ2) is 15.1. The van der Waals surface area contributed by atoms with Crippen molar-refractivity contribution in [2.75, 3.05) is 26.8 Å². The van der Waals surface area contributed by atoms with Crippen LogP contribution in [0.2, 0.25) is 0 Å². The minimum absolute atomic E-state index is 0.0105. The summed E-state index contributed by atoms with van der Waals surface area (Å²) in [4.78, 5) is 23.7. The molecule has 0 aromatic carbocycles. The van der Waals surface area contributed by atoms with Gasteiger partial charge in [-0.1, -0.05) is 40.5 Å². The molecule has 2 amide bonds. The van der Waals surface area contributed by atoms with E-state index in [1.807, 2.05) is 13.8 Å². The summed E-state index contributed by atoms with van der Waals surface area (Å²) in [5, 5.41) is 9.32. The van der Waals surface area contributed by atoms with Gasteiger partial charge in [0.25, 0.3) is 0 Å². The van der Waals surface area contributed by atoms with E-state index in [1.54, 1.807) is 7.11 Å². The Morgan fingerprint density at radius 3 is 2.20 bits per heavy atom. The first kappa shape index (κ1) is 23.9. The van der Waals surface area contributed by atoms with Gasteiger partial charge in [0.05, 0.1) is 0 Å². The number of rotatable bonds is 15. The molecule has 0 bridgehead atoms.